The monoisotopic (exact) mass is 430 g/mol. The fourth-order valence-electron chi connectivity index (χ4n) is 2.07. The predicted molar refractivity (Wildman–Crippen MR) is 101 cm³/mol. The summed E-state index contributed by atoms with van der Waals surface area (Å²) in [7, 11) is -3.62. The van der Waals surface area contributed by atoms with E-state index in [4.69, 9.17) is 11.6 Å². The van der Waals surface area contributed by atoms with Crippen LogP contribution in [0, 0.1) is 6.92 Å². The van der Waals surface area contributed by atoms with Crippen LogP contribution < -0.4 is 9.62 Å². The number of anilines is 2. The van der Waals surface area contributed by atoms with Crippen LogP contribution in [0.5, 0.6) is 0 Å². The summed E-state index contributed by atoms with van der Waals surface area (Å²) < 4.78 is 25.8. The first-order valence-electron chi connectivity index (χ1n) is 6.96. The molecule has 5 nitrogen and oxygen atoms in total. The van der Waals surface area contributed by atoms with E-state index in [1.807, 2.05) is 13.0 Å². The number of carbonyl (C=O) groups excluding carboxylic acids is 1. The molecular weight excluding hydrogens is 416 g/mol. The van der Waals surface area contributed by atoms with Crippen molar-refractivity contribution in [1.82, 2.24) is 0 Å². The first kappa shape index (κ1) is 18.8. The smallest absolute Gasteiger partial charge is 0.245 e. The fraction of sp³-hybridized carbons (Fsp3) is 0.188. The number of nitrogens with one attached hydrogen (secondary N) is 1. The molecule has 0 aliphatic rings. The van der Waals surface area contributed by atoms with E-state index >= 15 is 0 Å². The lowest BCUT2D eigenvalue weighted by Gasteiger charge is -2.22. The van der Waals surface area contributed by atoms with Gasteiger partial charge in [0.05, 0.1) is 22.7 Å². The van der Waals surface area contributed by atoms with Crippen LogP contribution in [-0.4, -0.2) is 27.1 Å². The minimum absolute atomic E-state index is 0.348. The van der Waals surface area contributed by atoms with Crippen molar-refractivity contribution in [2.45, 2.75) is 6.92 Å². The van der Waals surface area contributed by atoms with Crippen molar-refractivity contribution in [3.05, 3.63) is 57.5 Å². The Morgan fingerprint density at radius 2 is 1.96 bits per heavy atom. The van der Waals surface area contributed by atoms with E-state index in [0.717, 1.165) is 20.6 Å². The fourth-order valence-corrected chi connectivity index (χ4v) is 3.59. The quantitative estimate of drug-likeness (QED) is 0.783. The highest BCUT2D eigenvalue weighted by molar-refractivity contribution is 9.10. The van der Waals surface area contributed by atoms with Crippen molar-refractivity contribution in [1.29, 1.82) is 0 Å². The molecule has 1 N–H and O–H groups in total. The Bertz CT molecular complexity index is 871. The zero-order valence-electron chi connectivity index (χ0n) is 13.1. The predicted octanol–water partition coefficient (Wildman–Crippen LogP) is 3.82. The molecule has 8 heteroatoms. The average molecular weight is 432 g/mol. The summed E-state index contributed by atoms with van der Waals surface area (Å²) in [6, 6.07) is 11.9. The van der Waals surface area contributed by atoms with Gasteiger partial charge in [-0.1, -0.05) is 39.7 Å². The Morgan fingerprint density at radius 3 is 2.54 bits per heavy atom. The van der Waals surface area contributed by atoms with Gasteiger partial charge in [-0.3, -0.25) is 9.10 Å². The van der Waals surface area contributed by atoms with Crippen molar-refractivity contribution in [2.75, 3.05) is 22.4 Å². The van der Waals surface area contributed by atoms with Crippen LogP contribution in [0.1, 0.15) is 5.56 Å². The molecule has 0 radical (unpaired) electrons. The summed E-state index contributed by atoms with van der Waals surface area (Å²) in [5.74, 6) is -0.480. The molecule has 2 aromatic rings. The van der Waals surface area contributed by atoms with Crippen LogP contribution in [0.2, 0.25) is 5.02 Å². The number of hydrogen-bond acceptors (Lipinski definition) is 3. The van der Waals surface area contributed by atoms with Gasteiger partial charge in [0.2, 0.25) is 15.9 Å². The van der Waals surface area contributed by atoms with Gasteiger partial charge in [0.15, 0.2) is 0 Å². The molecule has 2 aromatic carbocycles. The standard InChI is InChI=1S/C16H16BrClN2O3S/c1-11-6-7-15(14(18)8-11)19-16(21)10-20(24(2,22)23)13-5-3-4-12(17)9-13/h3-9H,10H2,1-2H3,(H,19,21). The lowest BCUT2D eigenvalue weighted by molar-refractivity contribution is -0.114. The van der Waals surface area contributed by atoms with Crippen LogP contribution in [0.25, 0.3) is 0 Å². The third kappa shape index (κ3) is 4.96. The van der Waals surface area contributed by atoms with Gasteiger partial charge >= 0.3 is 0 Å². The first-order chi connectivity index (χ1) is 11.2. The number of aryl methyl sites for hydroxylation is 1. The Labute approximate surface area is 154 Å². The third-order valence-corrected chi connectivity index (χ3v) is 5.13. The van der Waals surface area contributed by atoms with Crippen molar-refractivity contribution in [3.8, 4) is 0 Å². The van der Waals surface area contributed by atoms with E-state index < -0.39 is 15.9 Å². The molecule has 0 unspecified atom stereocenters. The van der Waals surface area contributed by atoms with Gasteiger partial charge in [-0.25, -0.2) is 8.42 Å². The minimum Gasteiger partial charge on any atom is -0.323 e. The maximum Gasteiger partial charge on any atom is 0.245 e. The molecule has 0 saturated carbocycles. The molecule has 0 saturated heterocycles. The number of carbonyl (C=O) groups is 1. The van der Waals surface area contributed by atoms with Gasteiger partial charge in [-0.05, 0) is 42.8 Å². The van der Waals surface area contributed by atoms with Gasteiger partial charge in [-0.2, -0.15) is 0 Å². The Hall–Kier alpha value is -1.57. The summed E-state index contributed by atoms with van der Waals surface area (Å²) >= 11 is 9.38. The van der Waals surface area contributed by atoms with Gasteiger partial charge in [0.1, 0.15) is 6.54 Å². The highest BCUT2D eigenvalue weighted by atomic mass is 79.9. The lowest BCUT2D eigenvalue weighted by atomic mass is 10.2. The lowest BCUT2D eigenvalue weighted by Crippen LogP contribution is -2.37. The number of hydrogen-bond donors (Lipinski definition) is 1. The number of halogens is 2. The van der Waals surface area contributed by atoms with Crippen LogP contribution in [0.15, 0.2) is 46.9 Å². The highest BCUT2D eigenvalue weighted by Gasteiger charge is 2.21. The Morgan fingerprint density at radius 1 is 1.25 bits per heavy atom. The Balaban J connectivity index is 2.22. The van der Waals surface area contributed by atoms with E-state index in [1.54, 1.807) is 36.4 Å². The summed E-state index contributed by atoms with van der Waals surface area (Å²) in [6.07, 6.45) is 1.06. The molecule has 0 atom stereocenters. The Kier molecular flexibility index (Phi) is 5.90. The number of sulfonamides is 1. The zero-order chi connectivity index (χ0) is 17.9. The molecule has 128 valence electrons. The average Bonchev–Trinajstić information content (AvgIpc) is 2.46. The molecule has 0 aromatic heterocycles. The van der Waals surface area contributed by atoms with Crippen molar-refractivity contribution in [3.63, 3.8) is 0 Å². The van der Waals surface area contributed by atoms with Crippen LogP contribution in [0.3, 0.4) is 0 Å². The van der Waals surface area contributed by atoms with Gasteiger partial charge in [0, 0.05) is 4.47 Å². The van der Waals surface area contributed by atoms with Gasteiger partial charge < -0.3 is 5.32 Å². The van der Waals surface area contributed by atoms with E-state index in [0.29, 0.717) is 16.4 Å². The van der Waals surface area contributed by atoms with Gasteiger partial charge in [0.25, 0.3) is 0 Å². The summed E-state index contributed by atoms with van der Waals surface area (Å²) in [5, 5.41) is 3.04. The molecule has 24 heavy (non-hydrogen) atoms. The SMILES string of the molecule is Cc1ccc(NC(=O)CN(c2cccc(Br)c2)S(C)(=O)=O)c(Cl)c1. The molecule has 0 spiro atoms. The minimum atomic E-state index is -3.62. The molecule has 0 aliphatic heterocycles. The number of amides is 1. The molecular formula is C16H16BrClN2O3S. The topological polar surface area (TPSA) is 66.5 Å². The van der Waals surface area contributed by atoms with Crippen molar-refractivity contribution in [2.24, 2.45) is 0 Å². The van der Waals surface area contributed by atoms with E-state index in [9.17, 15) is 13.2 Å². The zero-order valence-corrected chi connectivity index (χ0v) is 16.2. The molecule has 0 bridgehead atoms. The summed E-state index contributed by atoms with van der Waals surface area (Å²) in [6.45, 7) is 1.54. The van der Waals surface area contributed by atoms with Crippen LogP contribution >= 0.6 is 27.5 Å². The maximum absolute atomic E-state index is 12.3. The maximum atomic E-state index is 12.3. The normalized spacial score (nSPS) is 11.2. The van der Waals surface area contributed by atoms with Gasteiger partial charge in [-0.15, -0.1) is 0 Å². The third-order valence-electron chi connectivity index (χ3n) is 3.18. The van der Waals surface area contributed by atoms with E-state index in [2.05, 4.69) is 21.2 Å². The molecule has 0 heterocycles. The van der Waals surface area contributed by atoms with Crippen molar-refractivity contribution < 1.29 is 13.2 Å². The van der Waals surface area contributed by atoms with Crippen molar-refractivity contribution >= 4 is 54.8 Å². The first-order valence-corrected chi connectivity index (χ1v) is 9.98. The van der Waals surface area contributed by atoms with Crippen LogP contribution in [0.4, 0.5) is 11.4 Å². The molecule has 0 aliphatic carbocycles. The number of nitrogens with zero attached hydrogens (tertiary/aromatic N) is 1. The molecule has 0 fully saturated rings. The number of rotatable bonds is 5. The largest absolute Gasteiger partial charge is 0.323 e. The van der Waals surface area contributed by atoms with E-state index in [-0.39, 0.29) is 6.54 Å². The summed E-state index contributed by atoms with van der Waals surface area (Å²) in [4.78, 5) is 12.3. The second-order valence-electron chi connectivity index (χ2n) is 5.28. The number of benzene rings is 2. The second kappa shape index (κ2) is 7.55. The molecule has 2 rings (SSSR count). The highest BCUT2D eigenvalue weighted by Crippen LogP contribution is 2.24. The molecule has 1 amide bonds. The summed E-state index contributed by atoms with van der Waals surface area (Å²) in [5.41, 5.74) is 1.80. The van der Waals surface area contributed by atoms with E-state index in [1.165, 1.54) is 0 Å². The van der Waals surface area contributed by atoms with Crippen LogP contribution in [-0.2, 0) is 14.8 Å². The second-order valence-corrected chi connectivity index (χ2v) is 8.51.